The van der Waals surface area contributed by atoms with Crippen LogP contribution < -0.4 is 5.32 Å². The number of morpholine rings is 1. The first-order valence-corrected chi connectivity index (χ1v) is 8.59. The standard InChI is InChI=1S/C14H18N2O3S/c17-20(18,16-8-11-2-3-12(9-16)19-11)13-4-1-10-5-6-15-14(10)7-13/h1,4,7,11-12,15H,2-3,5-6,8-9H2. The maximum atomic E-state index is 12.7. The molecule has 3 aliphatic heterocycles. The topological polar surface area (TPSA) is 58.6 Å². The first kappa shape index (κ1) is 12.6. The van der Waals surface area contributed by atoms with E-state index >= 15 is 0 Å². The van der Waals surface area contributed by atoms with Gasteiger partial charge in [0, 0.05) is 25.3 Å². The van der Waals surface area contributed by atoms with Crippen LogP contribution in [0.15, 0.2) is 23.1 Å². The summed E-state index contributed by atoms with van der Waals surface area (Å²) >= 11 is 0. The van der Waals surface area contributed by atoms with Gasteiger partial charge in [-0.3, -0.25) is 0 Å². The van der Waals surface area contributed by atoms with Crippen molar-refractivity contribution in [2.45, 2.75) is 36.4 Å². The van der Waals surface area contributed by atoms with E-state index in [-0.39, 0.29) is 12.2 Å². The molecule has 0 radical (unpaired) electrons. The number of rotatable bonds is 2. The zero-order chi connectivity index (χ0) is 13.7. The van der Waals surface area contributed by atoms with Crippen LogP contribution in [0.3, 0.4) is 0 Å². The molecule has 108 valence electrons. The van der Waals surface area contributed by atoms with Crippen LogP contribution in [0.1, 0.15) is 18.4 Å². The van der Waals surface area contributed by atoms with Crippen LogP contribution in [-0.2, 0) is 21.2 Å². The third-order valence-electron chi connectivity index (χ3n) is 4.44. The molecule has 0 aromatic heterocycles. The van der Waals surface area contributed by atoms with Gasteiger partial charge < -0.3 is 10.1 Å². The lowest BCUT2D eigenvalue weighted by Crippen LogP contribution is -2.45. The lowest BCUT2D eigenvalue weighted by atomic mass is 10.2. The van der Waals surface area contributed by atoms with E-state index in [2.05, 4.69) is 5.32 Å². The molecule has 4 rings (SSSR count). The molecule has 1 N–H and O–H groups in total. The van der Waals surface area contributed by atoms with Crippen LogP contribution in [-0.4, -0.2) is 44.6 Å². The van der Waals surface area contributed by atoms with Crippen LogP contribution in [0.5, 0.6) is 0 Å². The highest BCUT2D eigenvalue weighted by Gasteiger charge is 2.39. The van der Waals surface area contributed by atoms with E-state index in [0.717, 1.165) is 31.5 Å². The first-order valence-electron chi connectivity index (χ1n) is 7.15. The molecular formula is C14H18N2O3S. The number of ether oxygens (including phenoxy) is 1. The van der Waals surface area contributed by atoms with Gasteiger partial charge in [-0.15, -0.1) is 0 Å². The largest absolute Gasteiger partial charge is 0.384 e. The van der Waals surface area contributed by atoms with Gasteiger partial charge in [-0.2, -0.15) is 4.31 Å². The Morgan fingerprint density at radius 2 is 1.95 bits per heavy atom. The number of sulfonamides is 1. The number of hydrogen-bond donors (Lipinski definition) is 1. The van der Waals surface area contributed by atoms with Crippen LogP contribution in [0, 0.1) is 0 Å². The third kappa shape index (κ3) is 1.94. The second kappa shape index (κ2) is 4.44. The fraction of sp³-hybridized carbons (Fsp3) is 0.571. The molecule has 6 heteroatoms. The highest BCUT2D eigenvalue weighted by atomic mass is 32.2. The van der Waals surface area contributed by atoms with E-state index in [0.29, 0.717) is 18.0 Å². The summed E-state index contributed by atoms with van der Waals surface area (Å²) in [7, 11) is -3.40. The van der Waals surface area contributed by atoms with Gasteiger partial charge in [0.05, 0.1) is 17.1 Å². The normalized spacial score (nSPS) is 29.2. The van der Waals surface area contributed by atoms with Crippen LogP contribution in [0.4, 0.5) is 5.69 Å². The predicted octanol–water partition coefficient (Wildman–Crippen LogP) is 1.21. The minimum absolute atomic E-state index is 0.0797. The number of nitrogens with zero attached hydrogens (tertiary/aromatic N) is 1. The average molecular weight is 294 g/mol. The summed E-state index contributed by atoms with van der Waals surface area (Å²) in [6, 6.07) is 5.44. The van der Waals surface area contributed by atoms with Crippen LogP contribution in [0.2, 0.25) is 0 Å². The van der Waals surface area contributed by atoms with Gasteiger partial charge in [-0.1, -0.05) is 6.07 Å². The Labute approximate surface area is 119 Å². The molecule has 2 unspecified atom stereocenters. The van der Waals surface area contributed by atoms with Crippen molar-refractivity contribution in [1.29, 1.82) is 0 Å². The maximum Gasteiger partial charge on any atom is 0.243 e. The smallest absolute Gasteiger partial charge is 0.243 e. The fourth-order valence-corrected chi connectivity index (χ4v) is 4.88. The first-order chi connectivity index (χ1) is 9.63. The molecule has 2 saturated heterocycles. The highest BCUT2D eigenvalue weighted by molar-refractivity contribution is 7.89. The molecule has 1 aromatic carbocycles. The lowest BCUT2D eigenvalue weighted by Gasteiger charge is -2.31. The molecule has 2 atom stereocenters. The zero-order valence-corrected chi connectivity index (χ0v) is 12.0. The number of nitrogens with one attached hydrogen (secondary N) is 1. The number of fused-ring (bicyclic) bond motifs is 3. The van der Waals surface area contributed by atoms with Crippen molar-refractivity contribution in [3.8, 4) is 0 Å². The number of anilines is 1. The average Bonchev–Trinajstić information content (AvgIpc) is 3.04. The molecule has 0 aliphatic carbocycles. The minimum Gasteiger partial charge on any atom is -0.384 e. The van der Waals surface area contributed by atoms with E-state index in [1.54, 1.807) is 16.4 Å². The van der Waals surface area contributed by atoms with Crippen molar-refractivity contribution in [2.75, 3.05) is 25.0 Å². The van der Waals surface area contributed by atoms with Gasteiger partial charge in [-0.25, -0.2) is 8.42 Å². The Kier molecular flexibility index (Phi) is 2.80. The highest BCUT2D eigenvalue weighted by Crippen LogP contribution is 2.32. The third-order valence-corrected chi connectivity index (χ3v) is 6.27. The van der Waals surface area contributed by atoms with Gasteiger partial charge in [-0.05, 0) is 37.0 Å². The monoisotopic (exact) mass is 294 g/mol. The van der Waals surface area contributed by atoms with E-state index in [4.69, 9.17) is 4.74 Å². The van der Waals surface area contributed by atoms with Crippen molar-refractivity contribution >= 4 is 15.7 Å². The summed E-state index contributed by atoms with van der Waals surface area (Å²) in [5.74, 6) is 0. The molecule has 0 spiro atoms. The minimum atomic E-state index is -3.40. The van der Waals surface area contributed by atoms with E-state index in [9.17, 15) is 8.42 Å². The Bertz CT molecular complexity index is 632. The Morgan fingerprint density at radius 3 is 2.70 bits per heavy atom. The quantitative estimate of drug-likeness (QED) is 0.890. The van der Waals surface area contributed by atoms with Gasteiger partial charge in [0.25, 0.3) is 0 Å². The van der Waals surface area contributed by atoms with Gasteiger partial charge >= 0.3 is 0 Å². The summed E-state index contributed by atoms with van der Waals surface area (Å²) in [6.07, 6.45) is 3.08. The molecule has 0 amide bonds. The van der Waals surface area contributed by atoms with Gasteiger partial charge in [0.2, 0.25) is 10.0 Å². The summed E-state index contributed by atoms with van der Waals surface area (Å²) in [5, 5.41) is 3.24. The second-order valence-corrected chi connectivity index (χ2v) is 7.71. The fourth-order valence-electron chi connectivity index (χ4n) is 3.35. The number of benzene rings is 1. The molecule has 2 bridgehead atoms. The molecular weight excluding hydrogens is 276 g/mol. The molecule has 20 heavy (non-hydrogen) atoms. The zero-order valence-electron chi connectivity index (χ0n) is 11.2. The van der Waals surface area contributed by atoms with Gasteiger partial charge in [0.15, 0.2) is 0 Å². The summed E-state index contributed by atoms with van der Waals surface area (Å²) in [5.41, 5.74) is 2.16. The van der Waals surface area contributed by atoms with Crippen molar-refractivity contribution in [2.24, 2.45) is 0 Å². The molecule has 1 aromatic rings. The Hall–Kier alpha value is -1.11. The predicted molar refractivity (Wildman–Crippen MR) is 75.3 cm³/mol. The molecule has 5 nitrogen and oxygen atoms in total. The van der Waals surface area contributed by atoms with Crippen molar-refractivity contribution in [3.63, 3.8) is 0 Å². The summed E-state index contributed by atoms with van der Waals surface area (Å²) in [4.78, 5) is 0.395. The van der Waals surface area contributed by atoms with Crippen molar-refractivity contribution in [1.82, 2.24) is 4.31 Å². The van der Waals surface area contributed by atoms with E-state index < -0.39 is 10.0 Å². The Balaban J connectivity index is 1.66. The maximum absolute atomic E-state index is 12.7. The lowest BCUT2D eigenvalue weighted by molar-refractivity contribution is -0.0114. The van der Waals surface area contributed by atoms with E-state index in [1.165, 1.54) is 5.56 Å². The Morgan fingerprint density at radius 1 is 1.20 bits per heavy atom. The van der Waals surface area contributed by atoms with Crippen molar-refractivity contribution in [3.05, 3.63) is 23.8 Å². The van der Waals surface area contributed by atoms with Crippen LogP contribution >= 0.6 is 0 Å². The second-order valence-electron chi connectivity index (χ2n) is 5.78. The molecule has 3 aliphatic rings. The summed E-state index contributed by atoms with van der Waals surface area (Å²) < 4.78 is 32.8. The SMILES string of the molecule is O=S(=O)(c1ccc2c(c1)NCC2)N1CC2CCC(C1)O2. The van der Waals surface area contributed by atoms with E-state index in [1.807, 2.05) is 6.07 Å². The number of hydrogen-bond acceptors (Lipinski definition) is 4. The molecule has 2 fully saturated rings. The van der Waals surface area contributed by atoms with Gasteiger partial charge in [0.1, 0.15) is 0 Å². The molecule has 0 saturated carbocycles. The molecule has 3 heterocycles. The van der Waals surface area contributed by atoms with Crippen LogP contribution in [0.25, 0.3) is 0 Å². The summed E-state index contributed by atoms with van der Waals surface area (Å²) in [6.45, 7) is 1.87. The van der Waals surface area contributed by atoms with Crippen molar-refractivity contribution < 1.29 is 13.2 Å².